The van der Waals surface area contributed by atoms with Gasteiger partial charge in [-0.1, -0.05) is 0 Å². The van der Waals surface area contributed by atoms with Crippen molar-refractivity contribution in [3.05, 3.63) is 41.9 Å². The van der Waals surface area contributed by atoms with Gasteiger partial charge in [0.25, 0.3) is 0 Å². The standard InChI is InChI=1S/C12H11N3O4/c1-2-19-12(18)8-3-4-10(13-7-8)15-6-5-9(14-15)11(16)17/h3-7H,2H2,1H3,(H,16,17). The van der Waals surface area contributed by atoms with Gasteiger partial charge in [-0.2, -0.15) is 5.10 Å². The predicted octanol–water partition coefficient (Wildman–Crippen LogP) is 1.14. The third kappa shape index (κ3) is 2.76. The van der Waals surface area contributed by atoms with Crippen molar-refractivity contribution in [1.82, 2.24) is 14.8 Å². The fourth-order valence-electron chi connectivity index (χ4n) is 1.42. The van der Waals surface area contributed by atoms with Crippen molar-refractivity contribution in [1.29, 1.82) is 0 Å². The molecule has 2 heterocycles. The first kappa shape index (κ1) is 12.7. The first-order valence-electron chi connectivity index (χ1n) is 5.54. The first-order valence-corrected chi connectivity index (χ1v) is 5.54. The summed E-state index contributed by atoms with van der Waals surface area (Å²) in [6.45, 7) is 2.01. The van der Waals surface area contributed by atoms with Gasteiger partial charge in [-0.3, -0.25) is 0 Å². The summed E-state index contributed by atoms with van der Waals surface area (Å²) in [5, 5.41) is 12.6. The second kappa shape index (κ2) is 5.30. The number of aromatic nitrogens is 3. The number of carboxylic acids is 1. The van der Waals surface area contributed by atoms with Crippen LogP contribution in [-0.2, 0) is 4.74 Å². The molecular formula is C12H11N3O4. The van der Waals surface area contributed by atoms with Crippen molar-refractivity contribution in [2.75, 3.05) is 6.61 Å². The lowest BCUT2D eigenvalue weighted by Gasteiger charge is -2.03. The van der Waals surface area contributed by atoms with E-state index in [1.54, 1.807) is 19.1 Å². The highest BCUT2D eigenvalue weighted by molar-refractivity contribution is 5.89. The van der Waals surface area contributed by atoms with Crippen molar-refractivity contribution in [2.45, 2.75) is 6.92 Å². The molecule has 7 heteroatoms. The zero-order valence-electron chi connectivity index (χ0n) is 10.1. The molecule has 0 saturated heterocycles. The maximum absolute atomic E-state index is 11.4. The Labute approximate surface area is 108 Å². The molecule has 0 spiro atoms. The Morgan fingerprint density at radius 2 is 2.16 bits per heavy atom. The average Bonchev–Trinajstić information content (AvgIpc) is 2.89. The molecule has 98 valence electrons. The fourth-order valence-corrected chi connectivity index (χ4v) is 1.42. The van der Waals surface area contributed by atoms with Gasteiger partial charge in [-0.25, -0.2) is 19.3 Å². The quantitative estimate of drug-likeness (QED) is 0.829. The zero-order chi connectivity index (χ0) is 13.8. The normalized spacial score (nSPS) is 10.2. The topological polar surface area (TPSA) is 94.3 Å². The van der Waals surface area contributed by atoms with E-state index in [9.17, 15) is 9.59 Å². The van der Waals surface area contributed by atoms with Gasteiger partial charge < -0.3 is 9.84 Å². The third-order valence-corrected chi connectivity index (χ3v) is 2.30. The molecular weight excluding hydrogens is 250 g/mol. The predicted molar refractivity (Wildman–Crippen MR) is 64.3 cm³/mol. The van der Waals surface area contributed by atoms with Crippen LogP contribution in [0, 0.1) is 0 Å². The number of pyridine rings is 1. The number of rotatable bonds is 4. The van der Waals surface area contributed by atoms with Crippen molar-refractivity contribution in [2.24, 2.45) is 0 Å². The molecule has 0 saturated carbocycles. The van der Waals surface area contributed by atoms with Gasteiger partial charge in [-0.05, 0) is 25.1 Å². The molecule has 0 aliphatic heterocycles. The molecule has 0 aliphatic carbocycles. The molecule has 19 heavy (non-hydrogen) atoms. The van der Waals surface area contributed by atoms with Crippen LogP contribution in [0.2, 0.25) is 0 Å². The van der Waals surface area contributed by atoms with Crippen molar-refractivity contribution in [3.63, 3.8) is 0 Å². The monoisotopic (exact) mass is 261 g/mol. The van der Waals surface area contributed by atoms with Crippen LogP contribution in [0.3, 0.4) is 0 Å². The van der Waals surface area contributed by atoms with Crippen LogP contribution in [-0.4, -0.2) is 38.4 Å². The number of aromatic carboxylic acids is 1. The van der Waals surface area contributed by atoms with Crippen LogP contribution >= 0.6 is 0 Å². The summed E-state index contributed by atoms with van der Waals surface area (Å²) in [5.41, 5.74) is 0.257. The van der Waals surface area contributed by atoms with Gasteiger partial charge in [0.2, 0.25) is 0 Å². The van der Waals surface area contributed by atoms with E-state index in [-0.39, 0.29) is 5.69 Å². The minimum atomic E-state index is -1.11. The molecule has 0 amide bonds. The summed E-state index contributed by atoms with van der Waals surface area (Å²) in [4.78, 5) is 26.2. The number of carboxylic acid groups (broad SMARTS) is 1. The molecule has 0 radical (unpaired) electrons. The lowest BCUT2D eigenvalue weighted by molar-refractivity contribution is 0.0525. The molecule has 0 fully saturated rings. The Kier molecular flexibility index (Phi) is 3.56. The van der Waals surface area contributed by atoms with E-state index in [0.717, 1.165) is 0 Å². The highest BCUT2D eigenvalue weighted by Crippen LogP contribution is 2.07. The van der Waals surface area contributed by atoms with Gasteiger partial charge >= 0.3 is 11.9 Å². The lowest BCUT2D eigenvalue weighted by Crippen LogP contribution is -2.07. The number of hydrogen-bond donors (Lipinski definition) is 1. The van der Waals surface area contributed by atoms with Crippen LogP contribution in [0.5, 0.6) is 0 Å². The Balaban J connectivity index is 2.22. The molecule has 0 atom stereocenters. The Bertz CT molecular complexity index is 604. The van der Waals surface area contributed by atoms with E-state index in [0.29, 0.717) is 18.0 Å². The van der Waals surface area contributed by atoms with Crippen LogP contribution in [0.25, 0.3) is 5.82 Å². The number of nitrogens with zero attached hydrogens (tertiary/aromatic N) is 3. The van der Waals surface area contributed by atoms with Gasteiger partial charge in [0.05, 0.1) is 12.2 Å². The van der Waals surface area contributed by atoms with Crippen LogP contribution in [0.4, 0.5) is 0 Å². The molecule has 2 rings (SSSR count). The van der Waals surface area contributed by atoms with Crippen molar-refractivity contribution in [3.8, 4) is 5.82 Å². The van der Waals surface area contributed by atoms with Gasteiger partial charge in [0.15, 0.2) is 11.5 Å². The molecule has 0 aliphatic rings. The van der Waals surface area contributed by atoms with Gasteiger partial charge in [0.1, 0.15) is 0 Å². The first-order chi connectivity index (χ1) is 9.11. The Hall–Kier alpha value is -2.70. The summed E-state index contributed by atoms with van der Waals surface area (Å²) >= 11 is 0. The van der Waals surface area contributed by atoms with Gasteiger partial charge in [0, 0.05) is 12.4 Å². The second-order valence-corrected chi connectivity index (χ2v) is 3.58. The van der Waals surface area contributed by atoms with E-state index in [1.807, 2.05) is 0 Å². The van der Waals surface area contributed by atoms with Crippen molar-refractivity contribution >= 4 is 11.9 Å². The molecule has 0 aromatic carbocycles. The zero-order valence-corrected chi connectivity index (χ0v) is 10.1. The van der Waals surface area contributed by atoms with Crippen LogP contribution < -0.4 is 0 Å². The minimum absolute atomic E-state index is 0.0729. The largest absolute Gasteiger partial charge is 0.476 e. The summed E-state index contributed by atoms with van der Waals surface area (Å²) in [5.74, 6) is -1.14. The van der Waals surface area contributed by atoms with Gasteiger partial charge in [-0.15, -0.1) is 0 Å². The SMILES string of the molecule is CCOC(=O)c1ccc(-n2ccc(C(=O)O)n2)nc1. The molecule has 1 N–H and O–H groups in total. The highest BCUT2D eigenvalue weighted by Gasteiger charge is 2.10. The number of carbonyl (C=O) groups is 2. The van der Waals surface area contributed by atoms with E-state index >= 15 is 0 Å². The molecule has 2 aromatic heterocycles. The van der Waals surface area contributed by atoms with E-state index in [2.05, 4.69) is 10.1 Å². The lowest BCUT2D eigenvalue weighted by atomic mass is 10.3. The van der Waals surface area contributed by atoms with Crippen LogP contribution in [0.1, 0.15) is 27.8 Å². The number of ether oxygens (including phenoxy) is 1. The second-order valence-electron chi connectivity index (χ2n) is 3.58. The minimum Gasteiger partial charge on any atom is -0.476 e. The maximum atomic E-state index is 11.4. The van der Waals surface area contributed by atoms with E-state index in [4.69, 9.17) is 9.84 Å². The maximum Gasteiger partial charge on any atom is 0.356 e. The number of hydrogen-bond acceptors (Lipinski definition) is 5. The summed E-state index contributed by atoms with van der Waals surface area (Å²) in [7, 11) is 0. The summed E-state index contributed by atoms with van der Waals surface area (Å²) in [6.07, 6.45) is 2.84. The van der Waals surface area contributed by atoms with E-state index < -0.39 is 11.9 Å². The van der Waals surface area contributed by atoms with E-state index in [1.165, 1.54) is 23.1 Å². The summed E-state index contributed by atoms with van der Waals surface area (Å²) in [6, 6.07) is 4.47. The molecule has 7 nitrogen and oxygen atoms in total. The van der Waals surface area contributed by atoms with Crippen LogP contribution in [0.15, 0.2) is 30.6 Å². The Morgan fingerprint density at radius 1 is 1.37 bits per heavy atom. The number of esters is 1. The highest BCUT2D eigenvalue weighted by atomic mass is 16.5. The Morgan fingerprint density at radius 3 is 2.68 bits per heavy atom. The molecule has 2 aromatic rings. The summed E-state index contributed by atoms with van der Waals surface area (Å²) < 4.78 is 6.15. The third-order valence-electron chi connectivity index (χ3n) is 2.30. The van der Waals surface area contributed by atoms with Crippen molar-refractivity contribution < 1.29 is 19.4 Å². The fraction of sp³-hybridized carbons (Fsp3) is 0.167. The average molecular weight is 261 g/mol. The number of carbonyl (C=O) groups excluding carboxylic acids is 1. The molecule has 0 unspecified atom stereocenters. The smallest absolute Gasteiger partial charge is 0.356 e. The molecule has 0 bridgehead atoms.